The van der Waals surface area contributed by atoms with Crippen molar-refractivity contribution < 1.29 is 19.7 Å². The predicted octanol–water partition coefficient (Wildman–Crippen LogP) is 2.77. The lowest BCUT2D eigenvalue weighted by molar-refractivity contribution is 0.0533. The van der Waals surface area contributed by atoms with Crippen molar-refractivity contribution in [1.29, 1.82) is 0 Å². The van der Waals surface area contributed by atoms with Crippen LogP contribution in [0, 0.1) is 5.92 Å². The van der Waals surface area contributed by atoms with Crippen molar-refractivity contribution in [2.75, 3.05) is 6.54 Å². The molecule has 2 aromatic rings. The largest absolute Gasteiger partial charge is 0.465 e. The number of carboxylic acid groups (broad SMARTS) is 1. The van der Waals surface area contributed by atoms with E-state index >= 15 is 0 Å². The van der Waals surface area contributed by atoms with Crippen molar-refractivity contribution in [2.24, 2.45) is 5.92 Å². The van der Waals surface area contributed by atoms with Gasteiger partial charge in [0, 0.05) is 6.54 Å². The molecule has 0 aliphatic carbocycles. The first-order valence-corrected chi connectivity index (χ1v) is 8.32. The van der Waals surface area contributed by atoms with Gasteiger partial charge in [-0.05, 0) is 24.3 Å². The van der Waals surface area contributed by atoms with Gasteiger partial charge in [-0.25, -0.2) is 9.78 Å². The van der Waals surface area contributed by atoms with Crippen LogP contribution in [0.3, 0.4) is 0 Å². The molecule has 0 radical (unpaired) electrons. The van der Waals surface area contributed by atoms with Crippen LogP contribution in [0.15, 0.2) is 42.9 Å². The van der Waals surface area contributed by atoms with Crippen molar-refractivity contribution in [3.63, 3.8) is 0 Å². The third kappa shape index (κ3) is 6.56. The maximum atomic E-state index is 10.5. The molecule has 2 rings (SSSR count). The number of hydrogen-bond donors (Lipinski definition) is 3. The minimum atomic E-state index is -1.03. The van der Waals surface area contributed by atoms with Crippen LogP contribution in [-0.4, -0.2) is 32.4 Å². The van der Waals surface area contributed by atoms with Gasteiger partial charge in [-0.2, -0.15) is 0 Å². The summed E-state index contributed by atoms with van der Waals surface area (Å²) in [5, 5.41) is 21.3. The Morgan fingerprint density at radius 1 is 1.36 bits per heavy atom. The highest BCUT2D eigenvalue weighted by molar-refractivity contribution is 5.64. The second kappa shape index (κ2) is 9.80. The van der Waals surface area contributed by atoms with Gasteiger partial charge in [0.15, 0.2) is 0 Å². The van der Waals surface area contributed by atoms with E-state index in [1.54, 1.807) is 17.1 Å². The quantitative estimate of drug-likeness (QED) is 0.614. The zero-order chi connectivity index (χ0) is 18.1. The average Bonchev–Trinajstić information content (AvgIpc) is 3.04. The van der Waals surface area contributed by atoms with E-state index in [0.29, 0.717) is 38.4 Å². The molecule has 1 aromatic heterocycles. The van der Waals surface area contributed by atoms with E-state index < -0.39 is 12.2 Å². The molecule has 0 saturated carbocycles. The Kier molecular flexibility index (Phi) is 7.43. The Morgan fingerprint density at radius 3 is 2.84 bits per heavy atom. The minimum Gasteiger partial charge on any atom is -0.465 e. The Bertz CT molecular complexity index is 645. The van der Waals surface area contributed by atoms with Crippen LogP contribution in [-0.2, 0) is 18.1 Å². The standard InChI is InChI=1S/C18H25N3O4/c1-14(7-8-20-18(23)24)9-17(22)16-10-19-12-21(16)13-25-11-15-5-3-2-4-6-15/h2-6,10,12,14,17,20,22H,7-9,11,13H2,1H3,(H,23,24)/t14-,17?/m0/s1. The average molecular weight is 347 g/mol. The Labute approximate surface area is 147 Å². The van der Waals surface area contributed by atoms with E-state index in [-0.39, 0.29) is 5.92 Å². The monoisotopic (exact) mass is 347 g/mol. The number of nitrogens with zero attached hydrogens (tertiary/aromatic N) is 2. The van der Waals surface area contributed by atoms with Crippen molar-refractivity contribution in [2.45, 2.75) is 39.2 Å². The normalized spacial score (nSPS) is 13.4. The first kappa shape index (κ1) is 19.0. The van der Waals surface area contributed by atoms with Gasteiger partial charge in [0.2, 0.25) is 0 Å². The molecule has 0 saturated heterocycles. The van der Waals surface area contributed by atoms with E-state index in [1.165, 1.54) is 0 Å². The Hall–Kier alpha value is -2.38. The van der Waals surface area contributed by atoms with Gasteiger partial charge in [0.25, 0.3) is 0 Å². The van der Waals surface area contributed by atoms with Crippen molar-refractivity contribution in [1.82, 2.24) is 14.9 Å². The summed E-state index contributed by atoms with van der Waals surface area (Å²) in [4.78, 5) is 14.5. The van der Waals surface area contributed by atoms with E-state index in [4.69, 9.17) is 9.84 Å². The summed E-state index contributed by atoms with van der Waals surface area (Å²) in [7, 11) is 0. The highest BCUT2D eigenvalue weighted by Gasteiger charge is 2.16. The third-order valence-corrected chi connectivity index (χ3v) is 3.97. The van der Waals surface area contributed by atoms with Gasteiger partial charge in [-0.3, -0.25) is 0 Å². The minimum absolute atomic E-state index is 0.176. The molecule has 3 N–H and O–H groups in total. The maximum absolute atomic E-state index is 10.5. The summed E-state index contributed by atoms with van der Waals surface area (Å²) in [6, 6.07) is 9.88. The highest BCUT2D eigenvalue weighted by Crippen LogP contribution is 2.22. The summed E-state index contributed by atoms with van der Waals surface area (Å²) < 4.78 is 7.48. The summed E-state index contributed by atoms with van der Waals surface area (Å²) >= 11 is 0. The van der Waals surface area contributed by atoms with Crippen LogP contribution in [0.2, 0.25) is 0 Å². The van der Waals surface area contributed by atoms with Crippen molar-refractivity contribution in [3.05, 3.63) is 54.1 Å². The SMILES string of the molecule is C[C@@H](CCNC(=O)O)CC(O)c1cncn1COCc1ccccc1. The fraction of sp³-hybridized carbons (Fsp3) is 0.444. The number of aromatic nitrogens is 2. The zero-order valence-corrected chi connectivity index (χ0v) is 14.3. The molecular weight excluding hydrogens is 322 g/mol. The van der Waals surface area contributed by atoms with Gasteiger partial charge in [0.1, 0.15) is 6.73 Å². The number of hydrogen-bond acceptors (Lipinski definition) is 4. The first-order valence-electron chi connectivity index (χ1n) is 8.32. The molecule has 2 atom stereocenters. The summed E-state index contributed by atoms with van der Waals surface area (Å²) in [6.45, 7) is 3.17. The molecule has 7 heteroatoms. The fourth-order valence-electron chi connectivity index (χ4n) is 2.60. The molecule has 1 aromatic carbocycles. The van der Waals surface area contributed by atoms with Gasteiger partial charge in [0.05, 0.1) is 30.9 Å². The topological polar surface area (TPSA) is 96.6 Å². The van der Waals surface area contributed by atoms with E-state index in [0.717, 1.165) is 5.56 Å². The smallest absolute Gasteiger partial charge is 0.404 e. The summed E-state index contributed by atoms with van der Waals surface area (Å²) in [5.41, 5.74) is 1.79. The lowest BCUT2D eigenvalue weighted by Gasteiger charge is -2.18. The molecule has 25 heavy (non-hydrogen) atoms. The predicted molar refractivity (Wildman–Crippen MR) is 92.8 cm³/mol. The van der Waals surface area contributed by atoms with Crippen LogP contribution >= 0.6 is 0 Å². The van der Waals surface area contributed by atoms with Gasteiger partial charge >= 0.3 is 6.09 Å². The Morgan fingerprint density at radius 2 is 2.12 bits per heavy atom. The number of imidazole rings is 1. The van der Waals surface area contributed by atoms with Crippen molar-refractivity contribution in [3.8, 4) is 0 Å². The van der Waals surface area contributed by atoms with E-state index in [1.807, 2.05) is 37.3 Å². The lowest BCUT2D eigenvalue weighted by Crippen LogP contribution is -2.23. The Balaban J connectivity index is 1.79. The second-order valence-electron chi connectivity index (χ2n) is 6.13. The second-order valence-corrected chi connectivity index (χ2v) is 6.13. The molecular formula is C18H25N3O4. The number of aliphatic hydroxyl groups excluding tert-OH is 1. The first-order chi connectivity index (χ1) is 12.1. The van der Waals surface area contributed by atoms with E-state index in [9.17, 15) is 9.90 Å². The van der Waals surface area contributed by atoms with Gasteiger partial charge < -0.3 is 24.8 Å². The van der Waals surface area contributed by atoms with Gasteiger partial charge in [-0.15, -0.1) is 0 Å². The fourth-order valence-corrected chi connectivity index (χ4v) is 2.60. The number of benzene rings is 1. The van der Waals surface area contributed by atoms with Crippen LogP contribution < -0.4 is 5.32 Å². The molecule has 0 aliphatic rings. The number of rotatable bonds is 10. The molecule has 0 aliphatic heterocycles. The number of ether oxygens (including phenoxy) is 1. The molecule has 1 heterocycles. The molecule has 136 valence electrons. The number of carbonyl (C=O) groups is 1. The molecule has 1 unspecified atom stereocenters. The molecule has 0 bridgehead atoms. The lowest BCUT2D eigenvalue weighted by atomic mass is 9.98. The number of aliphatic hydroxyl groups is 1. The third-order valence-electron chi connectivity index (χ3n) is 3.97. The van der Waals surface area contributed by atoms with Gasteiger partial charge in [-0.1, -0.05) is 37.3 Å². The zero-order valence-electron chi connectivity index (χ0n) is 14.3. The number of amides is 1. The van der Waals surface area contributed by atoms with Crippen LogP contribution in [0.1, 0.15) is 37.1 Å². The van der Waals surface area contributed by atoms with Crippen LogP contribution in [0.5, 0.6) is 0 Å². The molecule has 0 spiro atoms. The summed E-state index contributed by atoms with van der Waals surface area (Å²) in [5.74, 6) is 0.176. The van der Waals surface area contributed by atoms with Crippen molar-refractivity contribution >= 4 is 6.09 Å². The molecule has 0 fully saturated rings. The van der Waals surface area contributed by atoms with Crippen LogP contribution in [0.25, 0.3) is 0 Å². The molecule has 1 amide bonds. The maximum Gasteiger partial charge on any atom is 0.404 e. The molecule has 7 nitrogen and oxygen atoms in total. The number of nitrogens with one attached hydrogen (secondary N) is 1. The van der Waals surface area contributed by atoms with E-state index in [2.05, 4.69) is 10.3 Å². The van der Waals surface area contributed by atoms with Crippen LogP contribution in [0.4, 0.5) is 4.79 Å². The summed E-state index contributed by atoms with van der Waals surface area (Å²) in [6.07, 6.45) is 2.79. The highest BCUT2D eigenvalue weighted by atomic mass is 16.5.